The van der Waals surface area contributed by atoms with E-state index in [1.807, 2.05) is 20.8 Å². The third kappa shape index (κ3) is 5.97. The SMILES string of the molecule is CC(C)(C)C[C@@H]1N[C@@H](C(=O)OC(C)(C)C)[C@@H](c2ccc(Cl)cc2Cl)[C@@]1(CN)c1ccc(Cl)cc1F. The molecule has 4 atom stereocenters. The number of hydrogen-bond donors (Lipinski definition) is 2. The predicted octanol–water partition coefficient (Wildman–Crippen LogP) is 6.88. The highest BCUT2D eigenvalue weighted by molar-refractivity contribution is 6.35. The van der Waals surface area contributed by atoms with Crippen molar-refractivity contribution in [2.75, 3.05) is 6.54 Å². The van der Waals surface area contributed by atoms with E-state index in [0.29, 0.717) is 27.6 Å². The molecule has 0 spiro atoms. The fourth-order valence-electron chi connectivity index (χ4n) is 5.21. The molecule has 1 heterocycles. The second-order valence-corrected chi connectivity index (χ2v) is 12.8. The molecule has 0 saturated carbocycles. The molecule has 0 aromatic heterocycles. The molecule has 192 valence electrons. The minimum atomic E-state index is -1.03. The molecule has 0 bridgehead atoms. The number of ether oxygens (including phenoxy) is 1. The van der Waals surface area contributed by atoms with Crippen LogP contribution in [0.25, 0.3) is 0 Å². The van der Waals surface area contributed by atoms with E-state index in [1.165, 1.54) is 6.07 Å². The van der Waals surface area contributed by atoms with Crippen molar-refractivity contribution in [3.8, 4) is 0 Å². The van der Waals surface area contributed by atoms with Gasteiger partial charge in [-0.15, -0.1) is 0 Å². The average Bonchev–Trinajstić information content (AvgIpc) is 3.00. The van der Waals surface area contributed by atoms with Gasteiger partial charge in [-0.05, 0) is 68.0 Å². The Morgan fingerprint density at radius 1 is 1.06 bits per heavy atom. The van der Waals surface area contributed by atoms with Crippen molar-refractivity contribution in [2.45, 2.75) is 77.0 Å². The maximum Gasteiger partial charge on any atom is 0.324 e. The fourth-order valence-corrected chi connectivity index (χ4v) is 5.90. The molecule has 1 aliphatic heterocycles. The number of hydrogen-bond acceptors (Lipinski definition) is 4. The van der Waals surface area contributed by atoms with Crippen molar-refractivity contribution in [1.82, 2.24) is 5.32 Å². The van der Waals surface area contributed by atoms with Gasteiger partial charge < -0.3 is 15.8 Å². The van der Waals surface area contributed by atoms with E-state index in [4.69, 9.17) is 45.3 Å². The van der Waals surface area contributed by atoms with Crippen LogP contribution in [0.1, 0.15) is 65.0 Å². The Labute approximate surface area is 222 Å². The van der Waals surface area contributed by atoms with Crippen LogP contribution in [0.3, 0.4) is 0 Å². The molecular weight excluding hydrogens is 510 g/mol. The van der Waals surface area contributed by atoms with E-state index in [1.54, 1.807) is 30.3 Å². The van der Waals surface area contributed by atoms with Gasteiger partial charge in [0, 0.05) is 39.0 Å². The Morgan fingerprint density at radius 3 is 2.17 bits per heavy atom. The molecule has 2 aromatic carbocycles. The third-order valence-corrected chi connectivity index (χ3v) is 7.23. The van der Waals surface area contributed by atoms with E-state index >= 15 is 4.39 Å². The largest absolute Gasteiger partial charge is 0.459 e. The lowest BCUT2D eigenvalue weighted by molar-refractivity contribution is -0.157. The molecule has 3 rings (SSSR count). The first-order valence-electron chi connectivity index (χ1n) is 11.7. The number of halogens is 4. The van der Waals surface area contributed by atoms with Crippen LogP contribution in [0, 0.1) is 11.2 Å². The standard InChI is InChI=1S/C27H34Cl3FN2O2/c1-25(2,3)13-21-27(14-32,18-10-8-16(29)12-20(18)31)22(17-9-7-15(28)11-19(17)30)23(33-21)24(34)35-26(4,5)6/h7-12,21-23,33H,13-14,32H2,1-6H3/t21-,22+,23+,27-/m0/s1. The van der Waals surface area contributed by atoms with Crippen molar-refractivity contribution in [2.24, 2.45) is 11.1 Å². The van der Waals surface area contributed by atoms with Crippen molar-refractivity contribution < 1.29 is 13.9 Å². The number of nitrogens with two attached hydrogens (primary N) is 1. The summed E-state index contributed by atoms with van der Waals surface area (Å²) in [7, 11) is 0. The van der Waals surface area contributed by atoms with Gasteiger partial charge in [0.05, 0.1) is 0 Å². The Hall–Kier alpha value is -1.37. The molecule has 4 nitrogen and oxygen atoms in total. The second-order valence-electron chi connectivity index (χ2n) is 11.5. The third-order valence-electron chi connectivity index (χ3n) is 6.44. The van der Waals surface area contributed by atoms with Crippen molar-refractivity contribution in [3.05, 3.63) is 68.4 Å². The number of carbonyl (C=O) groups excluding carboxylic acids is 1. The van der Waals surface area contributed by atoms with Crippen molar-refractivity contribution in [3.63, 3.8) is 0 Å². The smallest absolute Gasteiger partial charge is 0.324 e. The molecule has 35 heavy (non-hydrogen) atoms. The Bertz CT molecular complexity index is 1100. The molecule has 0 amide bonds. The van der Waals surface area contributed by atoms with Crippen LogP contribution in [0.2, 0.25) is 15.1 Å². The summed E-state index contributed by atoms with van der Waals surface area (Å²) in [6.07, 6.45) is 0.618. The van der Waals surface area contributed by atoms with E-state index < -0.39 is 34.8 Å². The highest BCUT2D eigenvalue weighted by Gasteiger charge is 2.60. The molecule has 1 fully saturated rings. The van der Waals surface area contributed by atoms with Gasteiger partial charge in [-0.25, -0.2) is 4.39 Å². The molecule has 0 unspecified atom stereocenters. The quantitative estimate of drug-likeness (QED) is 0.403. The summed E-state index contributed by atoms with van der Waals surface area (Å²) < 4.78 is 21.5. The van der Waals surface area contributed by atoms with Crippen LogP contribution in [0.4, 0.5) is 4.39 Å². The number of nitrogens with one attached hydrogen (secondary N) is 1. The van der Waals surface area contributed by atoms with Gasteiger partial charge in [-0.3, -0.25) is 4.79 Å². The highest BCUT2D eigenvalue weighted by atomic mass is 35.5. The Morgan fingerprint density at radius 2 is 1.66 bits per heavy atom. The first-order chi connectivity index (χ1) is 16.1. The summed E-state index contributed by atoms with van der Waals surface area (Å²) in [6, 6.07) is 8.53. The lowest BCUT2D eigenvalue weighted by Gasteiger charge is -2.42. The Kier molecular flexibility index (Phi) is 8.20. The summed E-state index contributed by atoms with van der Waals surface area (Å²) in [6.45, 7) is 11.8. The van der Waals surface area contributed by atoms with Crippen molar-refractivity contribution in [1.29, 1.82) is 0 Å². The second kappa shape index (κ2) is 10.2. The van der Waals surface area contributed by atoms with Gasteiger partial charge in [0.15, 0.2) is 0 Å². The van der Waals surface area contributed by atoms with E-state index in [-0.39, 0.29) is 23.0 Å². The molecule has 2 aromatic rings. The normalized spacial score (nSPS) is 25.1. The summed E-state index contributed by atoms with van der Waals surface area (Å²) in [5.74, 6) is -1.56. The van der Waals surface area contributed by atoms with Crippen LogP contribution in [0.15, 0.2) is 36.4 Å². The minimum absolute atomic E-state index is 0.0578. The predicted molar refractivity (Wildman–Crippen MR) is 142 cm³/mol. The molecule has 0 aliphatic carbocycles. The number of carbonyl (C=O) groups is 1. The van der Waals surface area contributed by atoms with Gasteiger partial charge in [0.25, 0.3) is 0 Å². The van der Waals surface area contributed by atoms with Gasteiger partial charge in [0.2, 0.25) is 0 Å². The molecule has 0 radical (unpaired) electrons. The highest BCUT2D eigenvalue weighted by Crippen LogP contribution is 2.53. The van der Waals surface area contributed by atoms with Crippen LogP contribution < -0.4 is 11.1 Å². The molecular formula is C27H34Cl3FN2O2. The fraction of sp³-hybridized carbons (Fsp3) is 0.519. The number of esters is 1. The van der Waals surface area contributed by atoms with Gasteiger partial charge in [-0.1, -0.05) is 67.7 Å². The van der Waals surface area contributed by atoms with Crippen LogP contribution in [-0.4, -0.2) is 30.2 Å². The lowest BCUT2D eigenvalue weighted by atomic mass is 9.62. The molecule has 1 aliphatic rings. The lowest BCUT2D eigenvalue weighted by Crippen LogP contribution is -2.50. The number of rotatable bonds is 5. The molecule has 8 heteroatoms. The van der Waals surface area contributed by atoms with E-state index in [9.17, 15) is 4.79 Å². The zero-order valence-corrected chi connectivity index (χ0v) is 23.3. The Balaban J connectivity index is 2.34. The zero-order chi connectivity index (χ0) is 26.3. The van der Waals surface area contributed by atoms with Crippen molar-refractivity contribution >= 4 is 40.8 Å². The first kappa shape index (κ1) is 28.2. The summed E-state index contributed by atoms with van der Waals surface area (Å²) in [5, 5.41) is 4.61. The molecule has 1 saturated heterocycles. The molecule has 3 N–H and O–H groups in total. The zero-order valence-electron chi connectivity index (χ0n) is 21.0. The number of benzene rings is 2. The summed E-state index contributed by atoms with van der Waals surface area (Å²) >= 11 is 19.0. The van der Waals surface area contributed by atoms with E-state index in [2.05, 4.69) is 26.1 Å². The van der Waals surface area contributed by atoms with Gasteiger partial charge in [-0.2, -0.15) is 0 Å². The average molecular weight is 544 g/mol. The van der Waals surface area contributed by atoms with Crippen LogP contribution in [-0.2, 0) is 14.9 Å². The first-order valence-corrected chi connectivity index (χ1v) is 12.8. The maximum atomic E-state index is 15.7. The van der Waals surface area contributed by atoms with Crippen LogP contribution in [0.5, 0.6) is 0 Å². The summed E-state index contributed by atoms with van der Waals surface area (Å²) in [5.41, 5.74) is 5.69. The topological polar surface area (TPSA) is 64.3 Å². The summed E-state index contributed by atoms with van der Waals surface area (Å²) in [4.78, 5) is 13.6. The minimum Gasteiger partial charge on any atom is -0.459 e. The van der Waals surface area contributed by atoms with E-state index in [0.717, 1.165) is 0 Å². The van der Waals surface area contributed by atoms with Crippen LogP contribution >= 0.6 is 34.8 Å². The maximum absolute atomic E-state index is 15.7. The van der Waals surface area contributed by atoms with Gasteiger partial charge >= 0.3 is 5.97 Å². The monoisotopic (exact) mass is 542 g/mol. The van der Waals surface area contributed by atoms with Gasteiger partial charge in [0.1, 0.15) is 17.5 Å².